The van der Waals surface area contributed by atoms with Crippen LogP contribution in [0.4, 0.5) is 0 Å². The van der Waals surface area contributed by atoms with Crippen LogP contribution in [0.15, 0.2) is 22.7 Å². The standard InChI is InChI=1S/C19H25N3O2.ClH/c1-13(20-2)11-18-21-19(24-22-18)10-9-17(23)16-8-7-14-5-3-4-6-15(14)12-16;/h7-8,12-13,20H,3-6,9-11H2,1-2H3;1H. The predicted molar refractivity (Wildman–Crippen MR) is 99.5 cm³/mol. The van der Waals surface area contributed by atoms with Crippen molar-refractivity contribution in [1.29, 1.82) is 0 Å². The van der Waals surface area contributed by atoms with Gasteiger partial charge in [0.15, 0.2) is 11.6 Å². The van der Waals surface area contributed by atoms with Gasteiger partial charge in [-0.25, -0.2) is 0 Å². The zero-order valence-corrected chi connectivity index (χ0v) is 15.7. The van der Waals surface area contributed by atoms with E-state index in [1.807, 2.05) is 13.1 Å². The average molecular weight is 364 g/mol. The van der Waals surface area contributed by atoms with Crippen molar-refractivity contribution in [2.24, 2.45) is 0 Å². The van der Waals surface area contributed by atoms with Crippen LogP contribution >= 0.6 is 12.4 Å². The maximum absolute atomic E-state index is 12.4. The highest BCUT2D eigenvalue weighted by atomic mass is 35.5. The summed E-state index contributed by atoms with van der Waals surface area (Å²) in [5.74, 6) is 1.37. The van der Waals surface area contributed by atoms with Crippen molar-refractivity contribution >= 4 is 18.2 Å². The van der Waals surface area contributed by atoms with E-state index in [0.717, 1.165) is 24.8 Å². The summed E-state index contributed by atoms with van der Waals surface area (Å²) in [7, 11) is 1.91. The number of fused-ring (bicyclic) bond motifs is 1. The first-order chi connectivity index (χ1) is 11.7. The Morgan fingerprint density at radius 3 is 2.80 bits per heavy atom. The number of Topliss-reactive ketones (excluding diaryl/α,β-unsaturated/α-hetero) is 1. The van der Waals surface area contributed by atoms with Gasteiger partial charge in [-0.2, -0.15) is 4.98 Å². The third-order valence-electron chi connectivity index (χ3n) is 4.73. The lowest BCUT2D eigenvalue weighted by atomic mass is 9.89. The second kappa shape index (κ2) is 9.11. The Labute approximate surface area is 155 Å². The third-order valence-corrected chi connectivity index (χ3v) is 4.73. The van der Waals surface area contributed by atoms with Crippen LogP contribution in [0.1, 0.15) is 59.4 Å². The molecule has 0 amide bonds. The molecule has 136 valence electrons. The Morgan fingerprint density at radius 2 is 2.04 bits per heavy atom. The van der Waals surface area contributed by atoms with E-state index in [-0.39, 0.29) is 18.2 Å². The summed E-state index contributed by atoms with van der Waals surface area (Å²) in [6.45, 7) is 2.07. The van der Waals surface area contributed by atoms with Gasteiger partial charge in [0.1, 0.15) is 0 Å². The maximum atomic E-state index is 12.4. The molecule has 0 spiro atoms. The highest BCUT2D eigenvalue weighted by Gasteiger charge is 2.15. The van der Waals surface area contributed by atoms with E-state index in [1.165, 1.54) is 24.0 Å². The fourth-order valence-electron chi connectivity index (χ4n) is 3.12. The van der Waals surface area contributed by atoms with E-state index in [4.69, 9.17) is 4.52 Å². The second-order valence-corrected chi connectivity index (χ2v) is 6.61. The van der Waals surface area contributed by atoms with Crippen molar-refractivity contribution in [1.82, 2.24) is 15.5 Å². The van der Waals surface area contributed by atoms with Gasteiger partial charge in [0, 0.05) is 30.9 Å². The normalized spacial score (nSPS) is 14.5. The van der Waals surface area contributed by atoms with Crippen LogP contribution in [0.3, 0.4) is 0 Å². The Kier molecular flexibility index (Phi) is 7.14. The molecule has 1 aromatic carbocycles. The number of hydrogen-bond acceptors (Lipinski definition) is 5. The molecule has 0 radical (unpaired) electrons. The number of nitrogens with one attached hydrogen (secondary N) is 1. The molecule has 1 aliphatic rings. The molecule has 0 aliphatic heterocycles. The van der Waals surface area contributed by atoms with Gasteiger partial charge < -0.3 is 9.84 Å². The van der Waals surface area contributed by atoms with Gasteiger partial charge in [-0.1, -0.05) is 17.3 Å². The Hall–Kier alpha value is -1.72. The van der Waals surface area contributed by atoms with E-state index in [1.54, 1.807) is 0 Å². The van der Waals surface area contributed by atoms with Crippen molar-refractivity contribution in [3.05, 3.63) is 46.6 Å². The number of aromatic nitrogens is 2. The van der Waals surface area contributed by atoms with Crippen molar-refractivity contribution in [3.63, 3.8) is 0 Å². The first-order valence-electron chi connectivity index (χ1n) is 8.79. The molecule has 1 N–H and O–H groups in total. The minimum absolute atomic E-state index is 0. The lowest BCUT2D eigenvalue weighted by Gasteiger charge is -2.16. The number of ketones is 1. The molecule has 25 heavy (non-hydrogen) atoms. The van der Waals surface area contributed by atoms with E-state index in [2.05, 4.69) is 34.5 Å². The molecule has 0 fully saturated rings. The molecule has 0 saturated heterocycles. The molecule has 3 rings (SSSR count). The summed E-state index contributed by atoms with van der Waals surface area (Å²) in [5.41, 5.74) is 3.55. The molecular weight excluding hydrogens is 338 g/mol. The topological polar surface area (TPSA) is 68.0 Å². The lowest BCUT2D eigenvalue weighted by molar-refractivity contribution is 0.0979. The average Bonchev–Trinajstić information content (AvgIpc) is 3.06. The van der Waals surface area contributed by atoms with Gasteiger partial charge in [-0.15, -0.1) is 12.4 Å². The summed E-state index contributed by atoms with van der Waals surface area (Å²) in [6, 6.07) is 6.45. The molecule has 0 bridgehead atoms. The highest BCUT2D eigenvalue weighted by molar-refractivity contribution is 5.96. The molecule has 1 atom stereocenters. The van der Waals surface area contributed by atoms with E-state index in [0.29, 0.717) is 30.6 Å². The fraction of sp³-hybridized carbons (Fsp3) is 0.526. The van der Waals surface area contributed by atoms with Crippen LogP contribution in [0.5, 0.6) is 0 Å². The van der Waals surface area contributed by atoms with Gasteiger partial charge in [0.05, 0.1) is 0 Å². The molecule has 0 saturated carbocycles. The number of halogens is 1. The molecule has 1 aliphatic carbocycles. The number of aryl methyl sites for hydroxylation is 3. The van der Waals surface area contributed by atoms with Gasteiger partial charge in [-0.3, -0.25) is 4.79 Å². The summed E-state index contributed by atoms with van der Waals surface area (Å²) in [6.07, 6.45) is 6.33. The maximum Gasteiger partial charge on any atom is 0.227 e. The van der Waals surface area contributed by atoms with Crippen molar-refractivity contribution < 1.29 is 9.32 Å². The molecule has 5 nitrogen and oxygen atoms in total. The Morgan fingerprint density at radius 1 is 1.28 bits per heavy atom. The minimum atomic E-state index is 0. The van der Waals surface area contributed by atoms with E-state index >= 15 is 0 Å². The lowest BCUT2D eigenvalue weighted by Crippen LogP contribution is -2.24. The van der Waals surface area contributed by atoms with Crippen LogP contribution in [-0.4, -0.2) is 29.0 Å². The Bertz CT molecular complexity index is 714. The number of nitrogens with zero attached hydrogens (tertiary/aromatic N) is 2. The minimum Gasteiger partial charge on any atom is -0.339 e. The van der Waals surface area contributed by atoms with Crippen LogP contribution in [0.25, 0.3) is 0 Å². The fourth-order valence-corrected chi connectivity index (χ4v) is 3.12. The summed E-state index contributed by atoms with van der Waals surface area (Å²) < 4.78 is 5.25. The number of carbonyl (C=O) groups is 1. The monoisotopic (exact) mass is 363 g/mol. The molecular formula is C19H26ClN3O2. The summed E-state index contributed by atoms with van der Waals surface area (Å²) in [4.78, 5) is 16.8. The quantitative estimate of drug-likeness (QED) is 0.764. The number of hydrogen-bond donors (Lipinski definition) is 1. The summed E-state index contributed by atoms with van der Waals surface area (Å²) >= 11 is 0. The van der Waals surface area contributed by atoms with Gasteiger partial charge in [0.2, 0.25) is 5.89 Å². The third kappa shape index (κ3) is 5.13. The van der Waals surface area contributed by atoms with E-state index in [9.17, 15) is 4.79 Å². The van der Waals surface area contributed by atoms with Crippen molar-refractivity contribution in [2.75, 3.05) is 7.05 Å². The molecule has 6 heteroatoms. The zero-order chi connectivity index (χ0) is 16.9. The number of benzene rings is 1. The van der Waals surface area contributed by atoms with Gasteiger partial charge >= 0.3 is 0 Å². The molecule has 2 aromatic rings. The molecule has 1 unspecified atom stereocenters. The molecule has 1 heterocycles. The van der Waals surface area contributed by atoms with Gasteiger partial charge in [0.25, 0.3) is 0 Å². The van der Waals surface area contributed by atoms with Crippen LogP contribution in [-0.2, 0) is 25.7 Å². The first-order valence-corrected chi connectivity index (χ1v) is 8.79. The van der Waals surface area contributed by atoms with Gasteiger partial charge in [-0.05, 0) is 56.8 Å². The molecule has 1 aromatic heterocycles. The van der Waals surface area contributed by atoms with Crippen LogP contribution in [0.2, 0.25) is 0 Å². The zero-order valence-electron chi connectivity index (χ0n) is 14.9. The van der Waals surface area contributed by atoms with Crippen LogP contribution in [0, 0.1) is 0 Å². The first kappa shape index (κ1) is 19.6. The largest absolute Gasteiger partial charge is 0.339 e. The Balaban J connectivity index is 0.00000225. The van der Waals surface area contributed by atoms with Crippen molar-refractivity contribution in [3.8, 4) is 0 Å². The number of rotatable bonds is 7. The number of carbonyl (C=O) groups excluding carboxylic acids is 1. The smallest absolute Gasteiger partial charge is 0.227 e. The van der Waals surface area contributed by atoms with Crippen molar-refractivity contribution in [2.45, 2.75) is 57.9 Å². The predicted octanol–water partition coefficient (Wildman–Crippen LogP) is 3.34. The second-order valence-electron chi connectivity index (χ2n) is 6.61. The highest BCUT2D eigenvalue weighted by Crippen LogP contribution is 2.23. The van der Waals surface area contributed by atoms with E-state index < -0.39 is 0 Å². The van der Waals surface area contributed by atoms with Crippen LogP contribution < -0.4 is 5.32 Å². The SMILES string of the molecule is CNC(C)Cc1noc(CCC(=O)c2ccc3c(c2)CCCC3)n1.Cl. The number of likely N-dealkylation sites (N-methyl/N-ethyl adjacent to an activating group) is 1. The summed E-state index contributed by atoms with van der Waals surface area (Å²) in [5, 5.41) is 7.12.